The van der Waals surface area contributed by atoms with Gasteiger partial charge in [0.15, 0.2) is 5.96 Å². The van der Waals surface area contributed by atoms with Crippen LogP contribution >= 0.6 is 24.0 Å². The molecule has 1 saturated heterocycles. The molecule has 1 aromatic heterocycles. The van der Waals surface area contributed by atoms with Gasteiger partial charge < -0.3 is 15.4 Å². The highest BCUT2D eigenvalue weighted by Crippen LogP contribution is 2.20. The summed E-state index contributed by atoms with van der Waals surface area (Å²) in [5.41, 5.74) is 1.35. The van der Waals surface area contributed by atoms with Gasteiger partial charge >= 0.3 is 0 Å². The van der Waals surface area contributed by atoms with Crippen LogP contribution in [0.5, 0.6) is 5.75 Å². The minimum Gasteiger partial charge on any atom is -0.497 e. The SMILES string of the molecule is CCNC(=NCC1CCN(Cc2ccc(OC)cc2)CC1)NCCCn1cccn1.I. The highest BCUT2D eigenvalue weighted by molar-refractivity contribution is 14.0. The van der Waals surface area contributed by atoms with Gasteiger partial charge in [0, 0.05) is 45.1 Å². The van der Waals surface area contributed by atoms with Crippen LogP contribution in [0.15, 0.2) is 47.7 Å². The third-order valence-electron chi connectivity index (χ3n) is 5.54. The van der Waals surface area contributed by atoms with E-state index in [1.54, 1.807) is 7.11 Å². The second kappa shape index (κ2) is 14.3. The maximum absolute atomic E-state index is 5.24. The number of aromatic nitrogens is 2. The van der Waals surface area contributed by atoms with Gasteiger partial charge in [0.1, 0.15) is 5.75 Å². The molecule has 0 unspecified atom stereocenters. The van der Waals surface area contributed by atoms with Crippen LogP contribution in [0.4, 0.5) is 0 Å². The molecule has 0 saturated carbocycles. The smallest absolute Gasteiger partial charge is 0.191 e. The van der Waals surface area contributed by atoms with E-state index in [1.165, 1.54) is 18.4 Å². The molecule has 0 bridgehead atoms. The summed E-state index contributed by atoms with van der Waals surface area (Å²) >= 11 is 0. The van der Waals surface area contributed by atoms with Crippen molar-refractivity contribution in [1.29, 1.82) is 0 Å². The zero-order chi connectivity index (χ0) is 21.0. The molecule has 2 N–H and O–H groups in total. The highest BCUT2D eigenvalue weighted by Gasteiger charge is 2.19. The number of likely N-dealkylation sites (tertiary alicyclic amines) is 1. The Balaban J connectivity index is 0.00000341. The molecule has 1 aliphatic heterocycles. The number of methoxy groups -OCH3 is 1. The normalized spacial score (nSPS) is 15.4. The van der Waals surface area contributed by atoms with E-state index in [1.807, 2.05) is 35.3 Å². The van der Waals surface area contributed by atoms with E-state index in [4.69, 9.17) is 9.73 Å². The number of piperidine rings is 1. The van der Waals surface area contributed by atoms with Crippen molar-refractivity contribution in [2.75, 3.05) is 39.8 Å². The van der Waals surface area contributed by atoms with Gasteiger partial charge in [-0.05, 0) is 69.0 Å². The fourth-order valence-corrected chi connectivity index (χ4v) is 3.76. The summed E-state index contributed by atoms with van der Waals surface area (Å²) in [5.74, 6) is 2.51. The molecule has 172 valence electrons. The minimum atomic E-state index is 0. The van der Waals surface area contributed by atoms with Crippen molar-refractivity contribution >= 4 is 29.9 Å². The molecule has 2 heterocycles. The van der Waals surface area contributed by atoms with Crippen molar-refractivity contribution in [3.63, 3.8) is 0 Å². The topological polar surface area (TPSA) is 66.7 Å². The number of hydrogen-bond acceptors (Lipinski definition) is 4. The quantitative estimate of drug-likeness (QED) is 0.210. The molecule has 3 rings (SSSR count). The highest BCUT2D eigenvalue weighted by atomic mass is 127. The van der Waals surface area contributed by atoms with Crippen LogP contribution < -0.4 is 15.4 Å². The van der Waals surface area contributed by atoms with Crippen LogP contribution in [0.1, 0.15) is 31.7 Å². The number of nitrogens with zero attached hydrogens (tertiary/aromatic N) is 4. The number of nitrogens with one attached hydrogen (secondary N) is 2. The molecule has 1 fully saturated rings. The molecule has 0 aliphatic carbocycles. The Morgan fingerprint density at radius 2 is 1.97 bits per heavy atom. The Morgan fingerprint density at radius 3 is 2.61 bits per heavy atom. The molecule has 8 heteroatoms. The van der Waals surface area contributed by atoms with Gasteiger partial charge in [-0.1, -0.05) is 12.1 Å². The maximum atomic E-state index is 5.24. The molecule has 1 aliphatic rings. The van der Waals surface area contributed by atoms with Crippen molar-refractivity contribution in [2.45, 2.75) is 39.3 Å². The predicted molar refractivity (Wildman–Crippen MR) is 137 cm³/mol. The fourth-order valence-electron chi connectivity index (χ4n) is 3.76. The first kappa shape index (κ1) is 25.5. The Morgan fingerprint density at radius 1 is 1.19 bits per heavy atom. The van der Waals surface area contributed by atoms with Crippen molar-refractivity contribution in [3.05, 3.63) is 48.3 Å². The molecule has 1 aromatic carbocycles. The molecule has 0 amide bonds. The van der Waals surface area contributed by atoms with Crippen LogP contribution in [-0.4, -0.2) is 60.5 Å². The van der Waals surface area contributed by atoms with E-state index < -0.39 is 0 Å². The summed E-state index contributed by atoms with van der Waals surface area (Å²) in [6.07, 6.45) is 7.26. The van der Waals surface area contributed by atoms with Gasteiger partial charge in [0.2, 0.25) is 0 Å². The van der Waals surface area contributed by atoms with Gasteiger partial charge in [0.25, 0.3) is 0 Å². The summed E-state index contributed by atoms with van der Waals surface area (Å²) in [6.45, 7) is 8.99. The zero-order valence-corrected chi connectivity index (χ0v) is 21.1. The van der Waals surface area contributed by atoms with Gasteiger partial charge in [-0.25, -0.2) is 0 Å². The number of ether oxygens (including phenoxy) is 1. The number of rotatable bonds is 10. The minimum absolute atomic E-state index is 0. The summed E-state index contributed by atoms with van der Waals surface area (Å²) in [6, 6.07) is 10.4. The maximum Gasteiger partial charge on any atom is 0.191 e. The third-order valence-corrected chi connectivity index (χ3v) is 5.54. The Hall–Kier alpha value is -1.81. The van der Waals surface area contributed by atoms with Crippen LogP contribution in [0.3, 0.4) is 0 Å². The predicted octanol–water partition coefficient (Wildman–Crippen LogP) is 3.37. The number of aliphatic imine (C=N–C) groups is 1. The van der Waals surface area contributed by atoms with E-state index in [0.717, 1.165) is 63.9 Å². The Kier molecular flexibility index (Phi) is 11.7. The van der Waals surface area contributed by atoms with Crippen LogP contribution in [-0.2, 0) is 13.1 Å². The van der Waals surface area contributed by atoms with Crippen molar-refractivity contribution < 1.29 is 4.74 Å². The number of benzene rings is 1. The molecule has 0 atom stereocenters. The van der Waals surface area contributed by atoms with E-state index >= 15 is 0 Å². The van der Waals surface area contributed by atoms with E-state index in [2.05, 4.69) is 39.7 Å². The molecule has 7 nitrogen and oxygen atoms in total. The fraction of sp³-hybridized carbons (Fsp3) is 0.565. The molecular weight excluding hydrogens is 503 g/mol. The summed E-state index contributed by atoms with van der Waals surface area (Å²) in [5, 5.41) is 11.1. The van der Waals surface area contributed by atoms with Crippen LogP contribution in [0.2, 0.25) is 0 Å². The first-order valence-electron chi connectivity index (χ1n) is 11.1. The summed E-state index contributed by atoms with van der Waals surface area (Å²) in [7, 11) is 1.71. The molecule has 2 aromatic rings. The standard InChI is InChI=1S/C23H36N6O.HI/c1-3-24-23(25-12-4-14-29-15-5-13-27-29)26-18-20-10-16-28(17-11-20)19-21-6-8-22(30-2)9-7-21;/h5-9,13,15,20H,3-4,10-12,14,16-19H2,1-2H3,(H2,24,25,26);1H. The van der Waals surface area contributed by atoms with E-state index in [-0.39, 0.29) is 24.0 Å². The first-order chi connectivity index (χ1) is 14.8. The van der Waals surface area contributed by atoms with Crippen LogP contribution in [0, 0.1) is 5.92 Å². The lowest BCUT2D eigenvalue weighted by Crippen LogP contribution is -2.39. The summed E-state index contributed by atoms with van der Waals surface area (Å²) in [4.78, 5) is 7.38. The van der Waals surface area contributed by atoms with Gasteiger partial charge in [-0.15, -0.1) is 24.0 Å². The van der Waals surface area contributed by atoms with Gasteiger partial charge in [0.05, 0.1) is 7.11 Å². The molecule has 0 radical (unpaired) electrons. The van der Waals surface area contributed by atoms with E-state index in [9.17, 15) is 0 Å². The first-order valence-corrected chi connectivity index (χ1v) is 11.1. The Labute approximate surface area is 203 Å². The average Bonchev–Trinajstić information content (AvgIpc) is 3.30. The monoisotopic (exact) mass is 540 g/mol. The third kappa shape index (κ3) is 9.06. The number of hydrogen-bond donors (Lipinski definition) is 2. The average molecular weight is 540 g/mol. The van der Waals surface area contributed by atoms with E-state index in [0.29, 0.717) is 5.92 Å². The van der Waals surface area contributed by atoms with Crippen molar-refractivity contribution in [3.8, 4) is 5.75 Å². The molecule has 31 heavy (non-hydrogen) atoms. The van der Waals surface area contributed by atoms with Crippen molar-refractivity contribution in [1.82, 2.24) is 25.3 Å². The largest absolute Gasteiger partial charge is 0.497 e. The van der Waals surface area contributed by atoms with Crippen LogP contribution in [0.25, 0.3) is 0 Å². The lowest BCUT2D eigenvalue weighted by molar-refractivity contribution is 0.180. The van der Waals surface area contributed by atoms with Crippen molar-refractivity contribution in [2.24, 2.45) is 10.9 Å². The summed E-state index contributed by atoms with van der Waals surface area (Å²) < 4.78 is 7.21. The lowest BCUT2D eigenvalue weighted by Gasteiger charge is -2.31. The Bertz CT molecular complexity index is 742. The number of guanidine groups is 1. The second-order valence-corrected chi connectivity index (χ2v) is 7.84. The molecular formula is C23H37IN6O. The van der Waals surface area contributed by atoms with Gasteiger partial charge in [-0.2, -0.15) is 5.10 Å². The zero-order valence-electron chi connectivity index (χ0n) is 18.8. The number of halogens is 1. The molecule has 0 spiro atoms. The van der Waals surface area contributed by atoms with Gasteiger partial charge in [-0.3, -0.25) is 14.6 Å². The lowest BCUT2D eigenvalue weighted by atomic mass is 9.96. The number of aryl methyl sites for hydroxylation is 1. The second-order valence-electron chi connectivity index (χ2n) is 7.84.